The van der Waals surface area contributed by atoms with Gasteiger partial charge in [0.05, 0.1) is 19.9 Å². The molecule has 2 aliphatic rings. The van der Waals surface area contributed by atoms with Crippen LogP contribution in [0.25, 0.3) is 0 Å². The Bertz CT molecular complexity index is 1160. The van der Waals surface area contributed by atoms with Gasteiger partial charge in [0.2, 0.25) is 0 Å². The summed E-state index contributed by atoms with van der Waals surface area (Å²) in [5.41, 5.74) is 0.878. The summed E-state index contributed by atoms with van der Waals surface area (Å²) in [6.07, 6.45) is 1.72. The van der Waals surface area contributed by atoms with E-state index in [9.17, 15) is 14.4 Å². The van der Waals surface area contributed by atoms with Crippen LogP contribution in [0.5, 0.6) is 11.5 Å². The molecule has 2 heterocycles. The number of amides is 2. The Balaban J connectivity index is 1.83. The van der Waals surface area contributed by atoms with Crippen LogP contribution < -0.4 is 14.8 Å². The number of anilines is 1. The number of carboxylic acids is 1. The Morgan fingerprint density at radius 3 is 2.58 bits per heavy atom. The summed E-state index contributed by atoms with van der Waals surface area (Å²) in [5, 5.41) is 17.2. The molecule has 2 aromatic carbocycles. The van der Waals surface area contributed by atoms with Gasteiger partial charge < -0.3 is 19.9 Å². The lowest BCUT2D eigenvalue weighted by Crippen LogP contribution is -2.48. The zero-order valence-electron chi connectivity index (χ0n) is 16.8. The standard InChI is InChI=1S/C22H19N3O6/c1-30-17-8-7-13(11-18(17)31-2)16-12-22(25(24-16)19(26)9-10-20(27)28)14-5-3-4-6-15(14)23-21(22)29/h3-11H,12H2,1-2H3,(H,23,29)(H,27,28)/b10-9+/t22-/m0/s1. The number of para-hydroxylation sites is 1. The zero-order chi connectivity index (χ0) is 22.2. The molecule has 2 N–H and O–H groups in total. The first kappa shape index (κ1) is 20.1. The van der Waals surface area contributed by atoms with Gasteiger partial charge >= 0.3 is 5.97 Å². The summed E-state index contributed by atoms with van der Waals surface area (Å²) in [7, 11) is 3.03. The molecule has 0 aliphatic carbocycles. The van der Waals surface area contributed by atoms with Crippen LogP contribution in [-0.4, -0.2) is 47.8 Å². The first-order chi connectivity index (χ1) is 14.9. The van der Waals surface area contributed by atoms with Crippen molar-refractivity contribution in [1.29, 1.82) is 0 Å². The number of carbonyl (C=O) groups excluding carboxylic acids is 2. The molecule has 9 heteroatoms. The van der Waals surface area contributed by atoms with Gasteiger partial charge in [0.25, 0.3) is 11.8 Å². The van der Waals surface area contributed by atoms with Crippen LogP contribution >= 0.6 is 0 Å². The minimum atomic E-state index is -1.42. The van der Waals surface area contributed by atoms with Crippen molar-refractivity contribution in [3.8, 4) is 11.5 Å². The molecule has 0 aromatic heterocycles. The molecule has 2 aliphatic heterocycles. The highest BCUT2D eigenvalue weighted by Crippen LogP contribution is 2.47. The van der Waals surface area contributed by atoms with E-state index in [-0.39, 0.29) is 6.42 Å². The third kappa shape index (κ3) is 3.20. The van der Waals surface area contributed by atoms with Gasteiger partial charge in [-0.3, -0.25) is 9.59 Å². The van der Waals surface area contributed by atoms with E-state index in [2.05, 4.69) is 10.4 Å². The molecule has 158 valence electrons. The number of methoxy groups -OCH3 is 2. The molecule has 31 heavy (non-hydrogen) atoms. The maximum Gasteiger partial charge on any atom is 0.328 e. The molecule has 0 bridgehead atoms. The van der Waals surface area contributed by atoms with Crippen molar-refractivity contribution in [1.82, 2.24) is 5.01 Å². The third-order valence-corrected chi connectivity index (χ3v) is 5.30. The van der Waals surface area contributed by atoms with Crippen molar-refractivity contribution < 1.29 is 29.0 Å². The van der Waals surface area contributed by atoms with Gasteiger partial charge in [-0.1, -0.05) is 18.2 Å². The Morgan fingerprint density at radius 1 is 1.13 bits per heavy atom. The van der Waals surface area contributed by atoms with Crippen LogP contribution in [0.15, 0.2) is 59.7 Å². The van der Waals surface area contributed by atoms with Crippen molar-refractivity contribution in [2.45, 2.75) is 12.0 Å². The number of benzene rings is 2. The molecule has 1 spiro atoms. The second kappa shape index (κ2) is 7.60. The van der Waals surface area contributed by atoms with E-state index in [1.54, 1.807) is 42.5 Å². The Hall–Kier alpha value is -4.14. The maximum absolute atomic E-state index is 13.1. The fraction of sp³-hybridized carbons (Fsp3) is 0.182. The molecule has 0 radical (unpaired) electrons. The minimum Gasteiger partial charge on any atom is -0.493 e. The van der Waals surface area contributed by atoms with E-state index in [1.807, 2.05) is 0 Å². The topological polar surface area (TPSA) is 118 Å². The van der Waals surface area contributed by atoms with Crippen molar-refractivity contribution in [2.75, 3.05) is 19.5 Å². The number of carbonyl (C=O) groups is 3. The predicted molar refractivity (Wildman–Crippen MR) is 111 cm³/mol. The number of aliphatic carboxylic acids is 1. The lowest BCUT2D eigenvalue weighted by molar-refractivity contribution is -0.140. The average Bonchev–Trinajstić information content (AvgIpc) is 3.31. The number of hydrogen-bond acceptors (Lipinski definition) is 6. The number of carboxylic acid groups (broad SMARTS) is 1. The highest BCUT2D eigenvalue weighted by atomic mass is 16.5. The number of nitrogens with zero attached hydrogens (tertiary/aromatic N) is 2. The monoisotopic (exact) mass is 421 g/mol. The van der Waals surface area contributed by atoms with E-state index in [0.29, 0.717) is 34.0 Å². The number of hydrogen-bond donors (Lipinski definition) is 2. The van der Waals surface area contributed by atoms with Gasteiger partial charge in [0.15, 0.2) is 17.0 Å². The van der Waals surface area contributed by atoms with Gasteiger partial charge in [-0.25, -0.2) is 9.80 Å². The second-order valence-corrected chi connectivity index (χ2v) is 6.97. The summed E-state index contributed by atoms with van der Waals surface area (Å²) < 4.78 is 10.6. The van der Waals surface area contributed by atoms with Crippen LogP contribution in [0.2, 0.25) is 0 Å². The van der Waals surface area contributed by atoms with E-state index in [1.165, 1.54) is 14.2 Å². The molecule has 0 unspecified atom stereocenters. The minimum absolute atomic E-state index is 0.109. The first-order valence-corrected chi connectivity index (χ1v) is 9.36. The summed E-state index contributed by atoms with van der Waals surface area (Å²) in [6.45, 7) is 0. The fourth-order valence-corrected chi connectivity index (χ4v) is 3.87. The SMILES string of the molecule is COc1ccc(C2=NN(C(=O)/C=C/C(=O)O)[C@]3(C2)C(=O)Nc2ccccc23)cc1OC. The first-order valence-electron chi connectivity index (χ1n) is 9.36. The number of nitrogens with one attached hydrogen (secondary N) is 1. The lowest BCUT2D eigenvalue weighted by atomic mass is 9.85. The van der Waals surface area contributed by atoms with Gasteiger partial charge in [-0.05, 0) is 24.3 Å². The zero-order valence-corrected chi connectivity index (χ0v) is 16.8. The summed E-state index contributed by atoms with van der Waals surface area (Å²) in [6, 6.07) is 12.2. The molecular formula is C22H19N3O6. The van der Waals surface area contributed by atoms with Crippen molar-refractivity contribution in [3.63, 3.8) is 0 Å². The van der Waals surface area contributed by atoms with Gasteiger partial charge in [-0.15, -0.1) is 0 Å². The molecule has 9 nitrogen and oxygen atoms in total. The highest BCUT2D eigenvalue weighted by molar-refractivity contribution is 6.16. The maximum atomic E-state index is 13.1. The second-order valence-electron chi connectivity index (χ2n) is 6.97. The fourth-order valence-electron chi connectivity index (χ4n) is 3.87. The number of hydrazone groups is 1. The van der Waals surface area contributed by atoms with Crippen molar-refractivity contribution >= 4 is 29.2 Å². The van der Waals surface area contributed by atoms with Crippen molar-refractivity contribution in [3.05, 3.63) is 65.7 Å². The molecule has 2 aromatic rings. The van der Waals surface area contributed by atoms with Crippen molar-refractivity contribution in [2.24, 2.45) is 5.10 Å². The van der Waals surface area contributed by atoms with E-state index in [0.717, 1.165) is 17.2 Å². The molecule has 1 atom stereocenters. The van der Waals surface area contributed by atoms with E-state index < -0.39 is 23.3 Å². The normalized spacial score (nSPS) is 19.4. The number of rotatable bonds is 5. The van der Waals surface area contributed by atoms with Gasteiger partial charge in [-0.2, -0.15) is 5.10 Å². The van der Waals surface area contributed by atoms with E-state index >= 15 is 0 Å². The summed E-state index contributed by atoms with van der Waals surface area (Å²) in [5.74, 6) is -1.40. The third-order valence-electron chi connectivity index (χ3n) is 5.30. The molecule has 0 saturated carbocycles. The lowest BCUT2D eigenvalue weighted by Gasteiger charge is -2.29. The van der Waals surface area contributed by atoms with Crippen LogP contribution in [0.3, 0.4) is 0 Å². The highest BCUT2D eigenvalue weighted by Gasteiger charge is 2.57. The van der Waals surface area contributed by atoms with Crippen LogP contribution in [0, 0.1) is 0 Å². The smallest absolute Gasteiger partial charge is 0.328 e. The Labute approximate surface area is 177 Å². The summed E-state index contributed by atoms with van der Waals surface area (Å²) >= 11 is 0. The molecule has 0 fully saturated rings. The van der Waals surface area contributed by atoms with Gasteiger partial charge in [0.1, 0.15) is 0 Å². The molecule has 2 amide bonds. The Kier molecular flexibility index (Phi) is 4.94. The largest absolute Gasteiger partial charge is 0.493 e. The van der Waals surface area contributed by atoms with Crippen LogP contribution in [0.1, 0.15) is 17.5 Å². The van der Waals surface area contributed by atoms with Crippen LogP contribution in [-0.2, 0) is 19.9 Å². The molecule has 0 saturated heterocycles. The number of fused-ring (bicyclic) bond motifs is 2. The van der Waals surface area contributed by atoms with E-state index in [4.69, 9.17) is 14.6 Å². The summed E-state index contributed by atoms with van der Waals surface area (Å²) in [4.78, 5) is 37.0. The predicted octanol–water partition coefficient (Wildman–Crippen LogP) is 2.13. The molecule has 4 rings (SSSR count). The number of ether oxygens (including phenoxy) is 2. The average molecular weight is 421 g/mol. The Morgan fingerprint density at radius 2 is 1.87 bits per heavy atom. The van der Waals surface area contributed by atoms with Crippen LogP contribution in [0.4, 0.5) is 5.69 Å². The van der Waals surface area contributed by atoms with Gasteiger partial charge in [0, 0.05) is 35.4 Å². The molecular weight excluding hydrogens is 402 g/mol. The quantitative estimate of drug-likeness (QED) is 0.715.